The van der Waals surface area contributed by atoms with Crippen molar-refractivity contribution in [2.24, 2.45) is 0 Å². The van der Waals surface area contributed by atoms with E-state index >= 15 is 0 Å². The number of thiazole rings is 1. The third-order valence-corrected chi connectivity index (χ3v) is 4.02. The van der Waals surface area contributed by atoms with Gasteiger partial charge < -0.3 is 5.11 Å². The number of hydrogen-bond acceptors (Lipinski definition) is 4. The summed E-state index contributed by atoms with van der Waals surface area (Å²) in [5.74, 6) is -0.275. The molecule has 0 bridgehead atoms. The number of nitrogens with zero attached hydrogens (tertiary/aromatic N) is 1. The summed E-state index contributed by atoms with van der Waals surface area (Å²) < 4.78 is 13.8. The van der Waals surface area contributed by atoms with Crippen LogP contribution in [0.3, 0.4) is 0 Å². The number of aliphatic hydroxyl groups excluding tert-OH is 1. The fourth-order valence-electron chi connectivity index (χ4n) is 1.47. The third kappa shape index (κ3) is 2.51. The molecule has 0 saturated carbocycles. The van der Waals surface area contributed by atoms with Gasteiger partial charge in [0.15, 0.2) is 0 Å². The van der Waals surface area contributed by atoms with Crippen molar-refractivity contribution in [1.29, 1.82) is 0 Å². The molecule has 90 valence electrons. The van der Waals surface area contributed by atoms with Crippen molar-refractivity contribution in [1.82, 2.24) is 4.98 Å². The van der Waals surface area contributed by atoms with Crippen molar-refractivity contribution in [3.05, 3.63) is 35.1 Å². The van der Waals surface area contributed by atoms with Gasteiger partial charge in [0, 0.05) is 10.3 Å². The first-order valence-electron chi connectivity index (χ1n) is 5.10. The van der Waals surface area contributed by atoms with Crippen molar-refractivity contribution in [2.45, 2.75) is 17.9 Å². The highest BCUT2D eigenvalue weighted by Gasteiger charge is 2.15. The Bertz CT molecular complexity index is 525. The molecule has 5 heteroatoms. The zero-order valence-electron chi connectivity index (χ0n) is 9.48. The number of rotatable bonds is 3. The van der Waals surface area contributed by atoms with E-state index in [0.29, 0.717) is 16.3 Å². The fraction of sp³-hybridized carbons (Fsp3) is 0.250. The molecule has 0 aliphatic heterocycles. The first-order valence-corrected chi connectivity index (χ1v) is 7.20. The predicted molar refractivity (Wildman–Crippen MR) is 69.9 cm³/mol. The van der Waals surface area contributed by atoms with Gasteiger partial charge in [-0.2, -0.15) is 0 Å². The zero-order chi connectivity index (χ0) is 12.4. The Hall–Kier alpha value is -0.910. The van der Waals surface area contributed by atoms with E-state index in [-0.39, 0.29) is 5.82 Å². The van der Waals surface area contributed by atoms with Crippen LogP contribution in [-0.4, -0.2) is 16.3 Å². The predicted octanol–water partition coefficient (Wildman–Crippen LogP) is 3.72. The van der Waals surface area contributed by atoms with Gasteiger partial charge in [0.1, 0.15) is 10.8 Å². The summed E-state index contributed by atoms with van der Waals surface area (Å²) in [7, 11) is 0. The molecule has 2 rings (SSSR count). The van der Waals surface area contributed by atoms with Gasteiger partial charge in [0.25, 0.3) is 0 Å². The number of hydrogen-bond donors (Lipinski definition) is 1. The van der Waals surface area contributed by atoms with Gasteiger partial charge >= 0.3 is 0 Å². The molecule has 1 atom stereocenters. The quantitative estimate of drug-likeness (QED) is 0.862. The molecule has 1 unspecified atom stereocenters. The minimum Gasteiger partial charge on any atom is -0.387 e. The molecule has 0 amide bonds. The van der Waals surface area contributed by atoms with Crippen molar-refractivity contribution in [2.75, 3.05) is 6.26 Å². The van der Waals surface area contributed by atoms with Gasteiger partial charge in [0.05, 0.1) is 17.4 Å². The molecule has 2 aromatic rings. The second kappa shape index (κ2) is 5.16. The monoisotopic (exact) mass is 269 g/mol. The molecular weight excluding hydrogens is 257 g/mol. The molecule has 1 heterocycles. The Balaban J connectivity index is 2.51. The van der Waals surface area contributed by atoms with Crippen LogP contribution in [0, 0.1) is 5.82 Å². The first-order chi connectivity index (χ1) is 8.13. The molecule has 2 nitrogen and oxygen atoms in total. The van der Waals surface area contributed by atoms with E-state index in [0.717, 1.165) is 4.90 Å². The van der Waals surface area contributed by atoms with Crippen LogP contribution < -0.4 is 0 Å². The fourth-order valence-corrected chi connectivity index (χ4v) is 3.12. The Labute approximate surface area is 108 Å². The Kier molecular flexibility index (Phi) is 3.81. The minimum absolute atomic E-state index is 0.275. The summed E-state index contributed by atoms with van der Waals surface area (Å²) in [4.78, 5) is 5.12. The SMILES string of the molecule is CSc1cccc(F)c1-c1nc(C(C)O)cs1. The zero-order valence-corrected chi connectivity index (χ0v) is 11.1. The van der Waals surface area contributed by atoms with Crippen LogP contribution in [0.4, 0.5) is 4.39 Å². The van der Waals surface area contributed by atoms with Crippen LogP contribution in [0.15, 0.2) is 28.5 Å². The number of benzene rings is 1. The lowest BCUT2D eigenvalue weighted by atomic mass is 10.2. The van der Waals surface area contributed by atoms with E-state index in [4.69, 9.17) is 0 Å². The summed E-state index contributed by atoms with van der Waals surface area (Å²) in [5, 5.41) is 11.8. The van der Waals surface area contributed by atoms with E-state index < -0.39 is 6.10 Å². The smallest absolute Gasteiger partial charge is 0.134 e. The standard InChI is InChI=1S/C12H12FNOS2/c1-7(15)9-6-17-12(14-9)11-8(13)4-3-5-10(11)16-2/h3-7,15H,1-2H3. The summed E-state index contributed by atoms with van der Waals surface area (Å²) in [6.07, 6.45) is 1.28. The molecule has 17 heavy (non-hydrogen) atoms. The summed E-state index contributed by atoms with van der Waals surface area (Å²) >= 11 is 2.84. The highest BCUT2D eigenvalue weighted by Crippen LogP contribution is 2.35. The second-order valence-electron chi connectivity index (χ2n) is 3.57. The molecule has 1 N–H and O–H groups in total. The molecule has 0 saturated heterocycles. The maximum Gasteiger partial charge on any atom is 0.134 e. The van der Waals surface area contributed by atoms with Crippen LogP contribution in [0.1, 0.15) is 18.7 Å². The Morgan fingerprint density at radius 3 is 2.82 bits per heavy atom. The van der Waals surface area contributed by atoms with Crippen LogP contribution in [-0.2, 0) is 0 Å². The topological polar surface area (TPSA) is 33.1 Å². The highest BCUT2D eigenvalue weighted by atomic mass is 32.2. The van der Waals surface area contributed by atoms with Gasteiger partial charge in [-0.15, -0.1) is 23.1 Å². The summed E-state index contributed by atoms with van der Waals surface area (Å²) in [6, 6.07) is 4.99. The number of halogens is 1. The molecule has 0 fully saturated rings. The lowest BCUT2D eigenvalue weighted by molar-refractivity contribution is 0.195. The third-order valence-electron chi connectivity index (χ3n) is 2.36. The van der Waals surface area contributed by atoms with Crippen LogP contribution in [0.2, 0.25) is 0 Å². The van der Waals surface area contributed by atoms with Crippen molar-refractivity contribution < 1.29 is 9.50 Å². The largest absolute Gasteiger partial charge is 0.387 e. The van der Waals surface area contributed by atoms with E-state index in [1.54, 1.807) is 18.4 Å². The van der Waals surface area contributed by atoms with Gasteiger partial charge in [-0.05, 0) is 25.3 Å². The number of thioether (sulfide) groups is 1. The lowest BCUT2D eigenvalue weighted by Crippen LogP contribution is -1.92. The van der Waals surface area contributed by atoms with Crippen LogP contribution >= 0.6 is 23.1 Å². The normalized spacial score (nSPS) is 12.7. The van der Waals surface area contributed by atoms with Crippen molar-refractivity contribution in [3.63, 3.8) is 0 Å². The number of aromatic nitrogens is 1. The van der Waals surface area contributed by atoms with Crippen LogP contribution in [0.5, 0.6) is 0 Å². The van der Waals surface area contributed by atoms with Gasteiger partial charge in [-0.3, -0.25) is 0 Å². The molecule has 0 aliphatic carbocycles. The molecule has 1 aromatic carbocycles. The molecule has 0 radical (unpaired) electrons. The van der Waals surface area contributed by atoms with Gasteiger partial charge in [-0.25, -0.2) is 9.37 Å². The van der Waals surface area contributed by atoms with Crippen LogP contribution in [0.25, 0.3) is 10.6 Å². The Morgan fingerprint density at radius 1 is 1.47 bits per heavy atom. The van der Waals surface area contributed by atoms with E-state index in [2.05, 4.69) is 4.98 Å². The maximum atomic E-state index is 13.8. The van der Waals surface area contributed by atoms with Crippen molar-refractivity contribution in [3.8, 4) is 10.6 Å². The Morgan fingerprint density at radius 2 is 2.24 bits per heavy atom. The van der Waals surface area contributed by atoms with Gasteiger partial charge in [-0.1, -0.05) is 6.07 Å². The lowest BCUT2D eigenvalue weighted by Gasteiger charge is -2.05. The highest BCUT2D eigenvalue weighted by molar-refractivity contribution is 7.98. The summed E-state index contributed by atoms with van der Waals surface area (Å²) in [5.41, 5.74) is 1.11. The second-order valence-corrected chi connectivity index (χ2v) is 5.28. The molecular formula is C12H12FNOS2. The van der Waals surface area contributed by atoms with E-state index in [9.17, 15) is 9.50 Å². The maximum absolute atomic E-state index is 13.8. The molecule has 1 aromatic heterocycles. The van der Waals surface area contributed by atoms with Gasteiger partial charge in [0.2, 0.25) is 0 Å². The first kappa shape index (κ1) is 12.5. The average Bonchev–Trinajstić information content (AvgIpc) is 2.77. The van der Waals surface area contributed by atoms with E-state index in [1.807, 2.05) is 12.3 Å². The molecule has 0 spiro atoms. The minimum atomic E-state index is -0.621. The van der Waals surface area contributed by atoms with Crippen molar-refractivity contribution >= 4 is 23.1 Å². The average molecular weight is 269 g/mol. The molecule has 0 aliphatic rings. The van der Waals surface area contributed by atoms with E-state index in [1.165, 1.54) is 29.2 Å². The summed E-state index contributed by atoms with van der Waals surface area (Å²) in [6.45, 7) is 1.65. The number of aliphatic hydroxyl groups is 1.